The first-order valence-electron chi connectivity index (χ1n) is 9.89. The number of piperazine rings is 1. The fourth-order valence-corrected chi connectivity index (χ4v) is 4.00. The van der Waals surface area contributed by atoms with E-state index in [4.69, 9.17) is 11.6 Å². The molecule has 1 aliphatic heterocycles. The molecule has 3 aromatic rings. The fraction of sp³-hybridized carbons (Fsp3) is 0.304. The number of aromatic nitrogens is 2. The van der Waals surface area contributed by atoms with Gasteiger partial charge in [0, 0.05) is 32.7 Å². The molecule has 4 rings (SSSR count). The Bertz CT molecular complexity index is 1060. The van der Waals surface area contributed by atoms with Gasteiger partial charge >= 0.3 is 0 Å². The molecular formula is C23H25ClN4O. The van der Waals surface area contributed by atoms with E-state index in [-0.39, 0.29) is 10.6 Å². The monoisotopic (exact) mass is 408 g/mol. The van der Waals surface area contributed by atoms with Crippen LogP contribution in [0.2, 0.25) is 5.02 Å². The van der Waals surface area contributed by atoms with Gasteiger partial charge in [-0.2, -0.15) is 9.78 Å². The molecule has 29 heavy (non-hydrogen) atoms. The van der Waals surface area contributed by atoms with E-state index in [1.165, 1.54) is 21.4 Å². The van der Waals surface area contributed by atoms with Gasteiger partial charge in [-0.15, -0.1) is 0 Å². The molecule has 0 atom stereocenters. The van der Waals surface area contributed by atoms with Crippen molar-refractivity contribution < 1.29 is 0 Å². The van der Waals surface area contributed by atoms with Crippen molar-refractivity contribution in [2.75, 3.05) is 31.1 Å². The second-order valence-corrected chi connectivity index (χ2v) is 7.97. The Kier molecular flexibility index (Phi) is 5.69. The zero-order chi connectivity index (χ0) is 20.4. The average Bonchev–Trinajstić information content (AvgIpc) is 2.74. The summed E-state index contributed by atoms with van der Waals surface area (Å²) in [6.45, 7) is 8.73. The van der Waals surface area contributed by atoms with Gasteiger partial charge in [-0.1, -0.05) is 53.6 Å². The summed E-state index contributed by atoms with van der Waals surface area (Å²) in [5, 5.41) is 4.59. The highest BCUT2D eigenvalue weighted by Crippen LogP contribution is 2.24. The minimum absolute atomic E-state index is 0.229. The lowest BCUT2D eigenvalue weighted by Crippen LogP contribution is -2.46. The number of para-hydroxylation sites is 1. The molecule has 5 nitrogen and oxygen atoms in total. The largest absolute Gasteiger partial charge is 0.366 e. The van der Waals surface area contributed by atoms with E-state index in [0.29, 0.717) is 5.69 Å². The molecule has 0 amide bonds. The van der Waals surface area contributed by atoms with Gasteiger partial charge in [-0.25, -0.2) is 0 Å². The van der Waals surface area contributed by atoms with Gasteiger partial charge in [-0.05, 0) is 37.1 Å². The summed E-state index contributed by atoms with van der Waals surface area (Å²) in [6.07, 6.45) is 1.71. The van der Waals surface area contributed by atoms with E-state index in [9.17, 15) is 4.79 Å². The topological polar surface area (TPSA) is 41.4 Å². The third-order valence-electron chi connectivity index (χ3n) is 5.51. The van der Waals surface area contributed by atoms with Crippen molar-refractivity contribution >= 4 is 17.3 Å². The zero-order valence-corrected chi connectivity index (χ0v) is 17.6. The number of hydrogen-bond donors (Lipinski definition) is 0. The summed E-state index contributed by atoms with van der Waals surface area (Å²) in [5.74, 6) is 0. The first-order valence-corrected chi connectivity index (χ1v) is 10.3. The first-order chi connectivity index (χ1) is 14.0. The van der Waals surface area contributed by atoms with Gasteiger partial charge in [0.15, 0.2) is 0 Å². The second-order valence-electron chi connectivity index (χ2n) is 7.59. The smallest absolute Gasteiger partial charge is 0.292 e. The number of hydrogen-bond acceptors (Lipinski definition) is 4. The predicted molar refractivity (Wildman–Crippen MR) is 118 cm³/mol. The van der Waals surface area contributed by atoms with Gasteiger partial charge < -0.3 is 4.90 Å². The Morgan fingerprint density at radius 3 is 2.45 bits per heavy atom. The molecule has 1 aliphatic rings. The van der Waals surface area contributed by atoms with Gasteiger partial charge in [0.25, 0.3) is 5.56 Å². The molecule has 1 saturated heterocycles. The van der Waals surface area contributed by atoms with Crippen LogP contribution < -0.4 is 10.5 Å². The molecule has 0 unspecified atom stereocenters. The standard InChI is InChI=1S/C23H25ClN4O/c1-17-8-9-18(2)19(14-17)16-26-10-12-27(13-11-26)21-15-25-28(23(29)22(21)24)20-6-4-3-5-7-20/h3-9,14-15H,10-13,16H2,1-2H3. The summed E-state index contributed by atoms with van der Waals surface area (Å²) < 4.78 is 1.35. The van der Waals surface area contributed by atoms with Crippen LogP contribution in [0.15, 0.2) is 59.5 Å². The summed E-state index contributed by atoms with van der Waals surface area (Å²) in [5.41, 5.74) is 5.15. The lowest BCUT2D eigenvalue weighted by molar-refractivity contribution is 0.249. The molecular weight excluding hydrogens is 384 g/mol. The molecule has 150 valence electrons. The molecule has 0 N–H and O–H groups in total. The van der Waals surface area contributed by atoms with Gasteiger partial charge in [0.1, 0.15) is 5.02 Å². The van der Waals surface area contributed by atoms with Crippen molar-refractivity contribution in [2.24, 2.45) is 0 Å². The fourth-order valence-electron chi connectivity index (χ4n) is 3.76. The lowest BCUT2D eigenvalue weighted by Gasteiger charge is -2.36. The summed E-state index contributed by atoms with van der Waals surface area (Å²) in [4.78, 5) is 17.3. The van der Waals surface area contributed by atoms with E-state index in [1.54, 1.807) is 6.20 Å². The lowest BCUT2D eigenvalue weighted by atomic mass is 10.0. The number of rotatable bonds is 4. The van der Waals surface area contributed by atoms with Crippen molar-refractivity contribution in [3.63, 3.8) is 0 Å². The van der Waals surface area contributed by atoms with Crippen LogP contribution in [0.3, 0.4) is 0 Å². The maximum atomic E-state index is 12.7. The van der Waals surface area contributed by atoms with Crippen molar-refractivity contribution in [3.05, 3.63) is 86.8 Å². The number of aryl methyl sites for hydroxylation is 2. The predicted octanol–water partition coefficient (Wildman–Crippen LogP) is 3.82. The molecule has 1 fully saturated rings. The van der Waals surface area contributed by atoms with E-state index < -0.39 is 0 Å². The van der Waals surface area contributed by atoms with Crippen molar-refractivity contribution in [1.29, 1.82) is 0 Å². The van der Waals surface area contributed by atoms with Crippen LogP contribution in [-0.4, -0.2) is 40.9 Å². The zero-order valence-electron chi connectivity index (χ0n) is 16.8. The highest BCUT2D eigenvalue weighted by atomic mass is 35.5. The molecule has 1 aromatic heterocycles. The normalized spacial score (nSPS) is 14.9. The maximum Gasteiger partial charge on any atom is 0.292 e. The van der Waals surface area contributed by atoms with Crippen LogP contribution in [0.25, 0.3) is 5.69 Å². The molecule has 0 bridgehead atoms. The Morgan fingerprint density at radius 2 is 1.72 bits per heavy atom. The summed E-state index contributed by atoms with van der Waals surface area (Å²) in [6, 6.07) is 16.0. The maximum absolute atomic E-state index is 12.7. The van der Waals surface area contributed by atoms with E-state index in [1.807, 2.05) is 30.3 Å². The molecule has 0 aliphatic carbocycles. The van der Waals surface area contributed by atoms with Crippen molar-refractivity contribution in [1.82, 2.24) is 14.7 Å². The van der Waals surface area contributed by atoms with Crippen molar-refractivity contribution in [2.45, 2.75) is 20.4 Å². The number of anilines is 1. The quantitative estimate of drug-likeness (QED) is 0.658. The minimum atomic E-state index is -0.284. The molecule has 2 heterocycles. The molecule has 0 saturated carbocycles. The SMILES string of the molecule is Cc1ccc(C)c(CN2CCN(c3cnn(-c4ccccc4)c(=O)c3Cl)CC2)c1. The molecule has 0 radical (unpaired) electrons. The van der Waals surface area contributed by atoms with E-state index >= 15 is 0 Å². The molecule has 0 spiro atoms. The Hall–Kier alpha value is -2.63. The molecule has 6 heteroatoms. The van der Waals surface area contributed by atoms with E-state index in [0.717, 1.165) is 38.4 Å². The minimum Gasteiger partial charge on any atom is -0.366 e. The van der Waals surface area contributed by atoms with E-state index in [2.05, 4.69) is 46.9 Å². The van der Waals surface area contributed by atoms with Gasteiger partial charge in [0.05, 0.1) is 17.6 Å². The second kappa shape index (κ2) is 8.39. The van der Waals surface area contributed by atoms with Gasteiger partial charge in [-0.3, -0.25) is 9.69 Å². The third-order valence-corrected chi connectivity index (χ3v) is 5.87. The van der Waals surface area contributed by atoms with Crippen LogP contribution in [0, 0.1) is 13.8 Å². The van der Waals surface area contributed by atoms with Crippen LogP contribution in [0.1, 0.15) is 16.7 Å². The molecule has 2 aromatic carbocycles. The highest BCUT2D eigenvalue weighted by Gasteiger charge is 2.22. The van der Waals surface area contributed by atoms with Crippen LogP contribution >= 0.6 is 11.6 Å². The summed E-state index contributed by atoms with van der Waals surface area (Å²) >= 11 is 6.46. The highest BCUT2D eigenvalue weighted by molar-refractivity contribution is 6.33. The third kappa shape index (κ3) is 4.21. The average molecular weight is 409 g/mol. The number of halogens is 1. The van der Waals surface area contributed by atoms with Crippen LogP contribution in [0.5, 0.6) is 0 Å². The van der Waals surface area contributed by atoms with Crippen LogP contribution in [0.4, 0.5) is 5.69 Å². The Labute approximate surface area is 176 Å². The number of nitrogens with zero attached hydrogens (tertiary/aromatic N) is 4. The number of benzene rings is 2. The van der Waals surface area contributed by atoms with Crippen LogP contribution in [-0.2, 0) is 6.54 Å². The Balaban J connectivity index is 1.47. The van der Waals surface area contributed by atoms with Gasteiger partial charge in [0.2, 0.25) is 0 Å². The summed E-state index contributed by atoms with van der Waals surface area (Å²) in [7, 11) is 0. The first kappa shape index (κ1) is 19.7. The Morgan fingerprint density at radius 1 is 1.00 bits per heavy atom. The van der Waals surface area contributed by atoms with Crippen molar-refractivity contribution in [3.8, 4) is 5.69 Å².